The number of nitrogens with zero attached hydrogens (tertiary/aromatic N) is 1. The van der Waals surface area contributed by atoms with Crippen LogP contribution in [-0.2, 0) is 16.0 Å². The molecule has 1 aromatic carbocycles. The van der Waals surface area contributed by atoms with E-state index in [1.165, 1.54) is 0 Å². The summed E-state index contributed by atoms with van der Waals surface area (Å²) in [4.78, 5) is 13.7. The summed E-state index contributed by atoms with van der Waals surface area (Å²) in [5.41, 5.74) is 0.782. The summed E-state index contributed by atoms with van der Waals surface area (Å²) in [6, 6.07) is 7.61. The first-order valence-electron chi connectivity index (χ1n) is 7.54. The number of benzene rings is 1. The van der Waals surface area contributed by atoms with E-state index in [1.54, 1.807) is 12.0 Å². The fourth-order valence-corrected chi connectivity index (χ4v) is 2.60. The summed E-state index contributed by atoms with van der Waals surface area (Å²) in [6.45, 7) is 8.88. The maximum absolute atomic E-state index is 12.0. The van der Waals surface area contributed by atoms with Gasteiger partial charge in [-0.25, -0.2) is 4.79 Å². The fourth-order valence-electron chi connectivity index (χ4n) is 2.60. The second-order valence-corrected chi connectivity index (χ2v) is 6.56. The molecule has 1 aliphatic rings. The fraction of sp³-hybridized carbons (Fsp3) is 0.588. The molecule has 1 saturated heterocycles. The summed E-state index contributed by atoms with van der Waals surface area (Å²) in [6.07, 6.45) is -0.380. The molecule has 2 rings (SSSR count). The number of methoxy groups -OCH3 is 1. The van der Waals surface area contributed by atoms with E-state index in [2.05, 4.69) is 0 Å². The standard InChI is InChI=1S/C17H25NO4/c1-12(22-17(2,3)4)15-11-21-16(19)18(15)10-13-6-8-14(20-5)9-7-13/h6-9,12,15H,10-11H2,1-5H3/t12-,15?/m1/s1. The molecule has 0 radical (unpaired) electrons. The number of hydrogen-bond donors (Lipinski definition) is 0. The van der Waals surface area contributed by atoms with Crippen LogP contribution in [0.5, 0.6) is 5.75 Å². The molecule has 122 valence electrons. The van der Waals surface area contributed by atoms with Gasteiger partial charge in [-0.3, -0.25) is 4.90 Å². The first-order chi connectivity index (χ1) is 10.3. The smallest absolute Gasteiger partial charge is 0.410 e. The number of cyclic esters (lactones) is 1. The van der Waals surface area contributed by atoms with Crippen molar-refractivity contribution in [2.24, 2.45) is 0 Å². The van der Waals surface area contributed by atoms with Crippen molar-refractivity contribution >= 4 is 6.09 Å². The number of amides is 1. The molecule has 2 atom stereocenters. The zero-order valence-electron chi connectivity index (χ0n) is 14.0. The minimum atomic E-state index is -0.287. The van der Waals surface area contributed by atoms with Gasteiger partial charge in [0.05, 0.1) is 24.9 Å². The Balaban J connectivity index is 2.07. The lowest BCUT2D eigenvalue weighted by atomic mass is 10.1. The Morgan fingerprint density at radius 3 is 2.50 bits per heavy atom. The molecule has 0 N–H and O–H groups in total. The average Bonchev–Trinajstić information content (AvgIpc) is 2.79. The first kappa shape index (κ1) is 16.6. The van der Waals surface area contributed by atoms with Crippen molar-refractivity contribution in [3.63, 3.8) is 0 Å². The SMILES string of the molecule is COc1ccc(CN2C(=O)OCC2[C@@H](C)OC(C)(C)C)cc1. The summed E-state index contributed by atoms with van der Waals surface area (Å²) in [5.74, 6) is 0.800. The largest absolute Gasteiger partial charge is 0.497 e. The van der Waals surface area contributed by atoms with Gasteiger partial charge < -0.3 is 14.2 Å². The third-order valence-corrected chi connectivity index (χ3v) is 3.61. The van der Waals surface area contributed by atoms with Crippen LogP contribution in [-0.4, -0.2) is 42.5 Å². The van der Waals surface area contributed by atoms with Gasteiger partial charge in [-0.05, 0) is 45.4 Å². The van der Waals surface area contributed by atoms with Crippen LogP contribution in [0.4, 0.5) is 4.79 Å². The van der Waals surface area contributed by atoms with E-state index >= 15 is 0 Å². The topological polar surface area (TPSA) is 48.0 Å². The lowest BCUT2D eigenvalue weighted by Gasteiger charge is -2.32. The van der Waals surface area contributed by atoms with Crippen LogP contribution in [0.25, 0.3) is 0 Å². The quantitative estimate of drug-likeness (QED) is 0.838. The zero-order chi connectivity index (χ0) is 16.3. The van der Waals surface area contributed by atoms with Crippen molar-refractivity contribution < 1.29 is 19.0 Å². The van der Waals surface area contributed by atoms with E-state index in [0.29, 0.717) is 13.2 Å². The van der Waals surface area contributed by atoms with Gasteiger partial charge >= 0.3 is 6.09 Å². The first-order valence-corrected chi connectivity index (χ1v) is 7.54. The van der Waals surface area contributed by atoms with Crippen molar-refractivity contribution in [2.75, 3.05) is 13.7 Å². The molecule has 1 aliphatic heterocycles. The molecule has 0 aromatic heterocycles. The predicted octanol–water partition coefficient (Wildman–Crippen LogP) is 3.22. The van der Waals surface area contributed by atoms with Gasteiger partial charge in [-0.2, -0.15) is 0 Å². The predicted molar refractivity (Wildman–Crippen MR) is 84.0 cm³/mol. The minimum absolute atomic E-state index is 0.0752. The van der Waals surface area contributed by atoms with Crippen molar-refractivity contribution in [3.8, 4) is 5.75 Å². The second-order valence-electron chi connectivity index (χ2n) is 6.56. The van der Waals surface area contributed by atoms with Crippen LogP contribution in [0.3, 0.4) is 0 Å². The number of carbonyl (C=O) groups excluding carboxylic acids is 1. The third-order valence-electron chi connectivity index (χ3n) is 3.61. The molecule has 1 aromatic rings. The Bertz CT molecular complexity index is 506. The molecule has 0 spiro atoms. The van der Waals surface area contributed by atoms with Crippen LogP contribution >= 0.6 is 0 Å². The Kier molecular flexibility index (Phi) is 4.96. The van der Waals surface area contributed by atoms with E-state index in [9.17, 15) is 4.79 Å². The van der Waals surface area contributed by atoms with Crippen molar-refractivity contribution in [3.05, 3.63) is 29.8 Å². The summed E-state index contributed by atoms with van der Waals surface area (Å²) in [5, 5.41) is 0. The van der Waals surface area contributed by atoms with E-state index < -0.39 is 0 Å². The Morgan fingerprint density at radius 2 is 1.95 bits per heavy atom. The van der Waals surface area contributed by atoms with Gasteiger partial charge in [0.15, 0.2) is 0 Å². The van der Waals surface area contributed by atoms with Crippen LogP contribution in [0, 0.1) is 0 Å². The summed E-state index contributed by atoms with van der Waals surface area (Å²) >= 11 is 0. The molecular formula is C17H25NO4. The molecule has 1 heterocycles. The lowest BCUT2D eigenvalue weighted by molar-refractivity contribution is -0.0774. The number of ether oxygens (including phenoxy) is 3. The van der Waals surface area contributed by atoms with Gasteiger partial charge in [0, 0.05) is 6.54 Å². The van der Waals surface area contributed by atoms with Crippen molar-refractivity contribution in [1.29, 1.82) is 0 Å². The molecule has 1 unspecified atom stereocenters. The Labute approximate surface area is 132 Å². The monoisotopic (exact) mass is 307 g/mol. The number of hydrogen-bond acceptors (Lipinski definition) is 4. The molecular weight excluding hydrogens is 282 g/mol. The van der Waals surface area contributed by atoms with Gasteiger partial charge in [0.1, 0.15) is 12.4 Å². The molecule has 1 amide bonds. The van der Waals surface area contributed by atoms with Crippen LogP contribution in [0.2, 0.25) is 0 Å². The van der Waals surface area contributed by atoms with E-state index in [1.807, 2.05) is 52.0 Å². The zero-order valence-corrected chi connectivity index (χ0v) is 14.0. The third kappa shape index (κ3) is 4.13. The van der Waals surface area contributed by atoms with Crippen molar-refractivity contribution in [1.82, 2.24) is 4.90 Å². The Hall–Kier alpha value is -1.75. The van der Waals surface area contributed by atoms with Gasteiger partial charge in [-0.15, -0.1) is 0 Å². The molecule has 22 heavy (non-hydrogen) atoms. The van der Waals surface area contributed by atoms with Crippen LogP contribution in [0.15, 0.2) is 24.3 Å². The maximum atomic E-state index is 12.0. The van der Waals surface area contributed by atoms with E-state index in [0.717, 1.165) is 11.3 Å². The van der Waals surface area contributed by atoms with E-state index in [-0.39, 0.29) is 23.8 Å². The summed E-state index contributed by atoms with van der Waals surface area (Å²) < 4.78 is 16.3. The molecule has 0 aliphatic carbocycles. The molecule has 0 saturated carbocycles. The second kappa shape index (κ2) is 6.57. The molecule has 5 heteroatoms. The highest BCUT2D eigenvalue weighted by molar-refractivity contribution is 5.70. The highest BCUT2D eigenvalue weighted by Gasteiger charge is 2.38. The highest BCUT2D eigenvalue weighted by Crippen LogP contribution is 2.24. The number of rotatable bonds is 5. The summed E-state index contributed by atoms with van der Waals surface area (Å²) in [7, 11) is 1.63. The molecule has 1 fully saturated rings. The highest BCUT2D eigenvalue weighted by atomic mass is 16.6. The van der Waals surface area contributed by atoms with E-state index in [4.69, 9.17) is 14.2 Å². The van der Waals surface area contributed by atoms with Gasteiger partial charge in [0.2, 0.25) is 0 Å². The van der Waals surface area contributed by atoms with Gasteiger partial charge in [-0.1, -0.05) is 12.1 Å². The van der Waals surface area contributed by atoms with Gasteiger partial charge in [0.25, 0.3) is 0 Å². The molecule has 0 bridgehead atoms. The lowest BCUT2D eigenvalue weighted by Crippen LogP contribution is -2.44. The number of carbonyl (C=O) groups is 1. The minimum Gasteiger partial charge on any atom is -0.497 e. The normalized spacial score (nSPS) is 20.0. The van der Waals surface area contributed by atoms with Crippen LogP contribution in [0.1, 0.15) is 33.3 Å². The maximum Gasteiger partial charge on any atom is 0.410 e. The Morgan fingerprint density at radius 1 is 1.32 bits per heavy atom. The van der Waals surface area contributed by atoms with Crippen molar-refractivity contribution in [2.45, 2.75) is 52.0 Å². The van der Waals surface area contributed by atoms with Crippen LogP contribution < -0.4 is 4.74 Å². The average molecular weight is 307 g/mol. The molecule has 5 nitrogen and oxygen atoms in total.